The van der Waals surface area contributed by atoms with E-state index < -0.39 is 0 Å². The van der Waals surface area contributed by atoms with Crippen LogP contribution in [0.5, 0.6) is 0 Å². The van der Waals surface area contributed by atoms with Gasteiger partial charge >= 0.3 is 0 Å². The summed E-state index contributed by atoms with van der Waals surface area (Å²) in [5.74, 6) is 0.187. The molecule has 1 heterocycles. The molecular formula is C16H25ClN2O. The van der Waals surface area contributed by atoms with E-state index in [1.807, 2.05) is 0 Å². The van der Waals surface area contributed by atoms with E-state index in [2.05, 4.69) is 48.7 Å². The number of carbonyl (C=O) groups is 1. The molecule has 1 fully saturated rings. The quantitative estimate of drug-likeness (QED) is 0.896. The van der Waals surface area contributed by atoms with Crippen LogP contribution in [0.25, 0.3) is 0 Å². The number of halogens is 1. The van der Waals surface area contributed by atoms with Gasteiger partial charge in [-0.2, -0.15) is 0 Å². The lowest BCUT2D eigenvalue weighted by molar-refractivity contribution is -0.131. The molecule has 1 aliphatic heterocycles. The Morgan fingerprint density at radius 3 is 2.90 bits per heavy atom. The van der Waals surface area contributed by atoms with E-state index in [1.54, 1.807) is 0 Å². The van der Waals surface area contributed by atoms with Gasteiger partial charge in [0.2, 0.25) is 5.91 Å². The van der Waals surface area contributed by atoms with Crippen molar-refractivity contribution < 1.29 is 4.79 Å². The first kappa shape index (κ1) is 17.0. The predicted octanol–water partition coefficient (Wildman–Crippen LogP) is 2.47. The Morgan fingerprint density at radius 2 is 2.25 bits per heavy atom. The van der Waals surface area contributed by atoms with Crippen LogP contribution in [-0.2, 0) is 11.2 Å². The van der Waals surface area contributed by atoms with E-state index in [0.717, 1.165) is 38.9 Å². The van der Waals surface area contributed by atoms with Gasteiger partial charge in [-0.05, 0) is 45.2 Å². The molecular weight excluding hydrogens is 272 g/mol. The minimum absolute atomic E-state index is 0. The Kier molecular flexibility index (Phi) is 6.50. The molecule has 0 saturated carbocycles. The number of rotatable bonds is 4. The van der Waals surface area contributed by atoms with Gasteiger partial charge in [-0.15, -0.1) is 12.4 Å². The largest absolute Gasteiger partial charge is 0.355 e. The summed E-state index contributed by atoms with van der Waals surface area (Å²) >= 11 is 0. The molecule has 0 bridgehead atoms. The molecule has 2 rings (SSSR count). The molecule has 4 heteroatoms. The Balaban J connectivity index is 0.00000200. The molecule has 1 aliphatic rings. The number of carbonyl (C=O) groups excluding carboxylic acids is 1. The summed E-state index contributed by atoms with van der Waals surface area (Å²) in [6, 6.07) is 8.45. The first-order valence-corrected chi connectivity index (χ1v) is 7.15. The summed E-state index contributed by atoms with van der Waals surface area (Å²) in [6.07, 6.45) is 2.97. The van der Waals surface area contributed by atoms with E-state index in [1.165, 1.54) is 11.1 Å². The van der Waals surface area contributed by atoms with Crippen LogP contribution in [0.1, 0.15) is 30.9 Å². The lowest BCUT2D eigenvalue weighted by Gasteiger charge is -2.32. The molecule has 1 saturated heterocycles. The molecule has 1 unspecified atom stereocenters. The van der Waals surface area contributed by atoms with E-state index in [9.17, 15) is 4.79 Å². The molecule has 0 aliphatic carbocycles. The summed E-state index contributed by atoms with van der Waals surface area (Å²) in [4.78, 5) is 12.2. The number of aryl methyl sites for hydroxylation is 1. The van der Waals surface area contributed by atoms with Crippen LogP contribution in [0.3, 0.4) is 0 Å². The number of amides is 1. The monoisotopic (exact) mass is 296 g/mol. The Labute approximate surface area is 127 Å². The maximum absolute atomic E-state index is 12.2. The summed E-state index contributed by atoms with van der Waals surface area (Å²) in [5.41, 5.74) is 2.32. The van der Waals surface area contributed by atoms with Crippen LogP contribution < -0.4 is 10.6 Å². The second-order valence-electron chi connectivity index (χ2n) is 5.84. The fourth-order valence-corrected chi connectivity index (χ4v) is 2.65. The molecule has 112 valence electrons. The highest BCUT2D eigenvalue weighted by atomic mass is 35.5. The Hall–Kier alpha value is -1.06. The van der Waals surface area contributed by atoms with Crippen molar-refractivity contribution in [3.8, 4) is 0 Å². The average molecular weight is 297 g/mol. The molecule has 0 radical (unpaired) electrons. The van der Waals surface area contributed by atoms with E-state index in [0.29, 0.717) is 0 Å². The average Bonchev–Trinajstić information content (AvgIpc) is 2.39. The minimum atomic E-state index is -0.231. The Morgan fingerprint density at radius 1 is 1.45 bits per heavy atom. The molecule has 2 N–H and O–H groups in total. The number of nitrogens with one attached hydrogen (secondary N) is 2. The van der Waals surface area contributed by atoms with Gasteiger partial charge in [0.25, 0.3) is 0 Å². The summed E-state index contributed by atoms with van der Waals surface area (Å²) < 4.78 is 0. The molecule has 3 nitrogen and oxygen atoms in total. The van der Waals surface area contributed by atoms with Gasteiger partial charge in [-0.1, -0.05) is 29.8 Å². The zero-order chi connectivity index (χ0) is 13.7. The molecule has 0 spiro atoms. The van der Waals surface area contributed by atoms with Gasteiger partial charge in [0.05, 0.1) is 5.41 Å². The van der Waals surface area contributed by atoms with Gasteiger partial charge in [0.1, 0.15) is 0 Å². The fourth-order valence-electron chi connectivity index (χ4n) is 2.65. The maximum Gasteiger partial charge on any atom is 0.227 e. The van der Waals surface area contributed by atoms with Crippen LogP contribution in [0, 0.1) is 12.3 Å². The lowest BCUT2D eigenvalue weighted by Crippen LogP contribution is -2.49. The second kappa shape index (κ2) is 7.65. The topological polar surface area (TPSA) is 41.1 Å². The first-order chi connectivity index (χ1) is 9.10. The van der Waals surface area contributed by atoms with Gasteiger partial charge in [0.15, 0.2) is 0 Å². The Bertz CT molecular complexity index is 442. The van der Waals surface area contributed by atoms with Gasteiger partial charge in [-0.3, -0.25) is 4.79 Å². The van der Waals surface area contributed by atoms with E-state index >= 15 is 0 Å². The van der Waals surface area contributed by atoms with Gasteiger partial charge in [-0.25, -0.2) is 0 Å². The van der Waals surface area contributed by atoms with Gasteiger partial charge < -0.3 is 10.6 Å². The van der Waals surface area contributed by atoms with Crippen LogP contribution in [0.15, 0.2) is 24.3 Å². The van der Waals surface area contributed by atoms with E-state index in [4.69, 9.17) is 0 Å². The standard InChI is InChI=1S/C16H24N2O.ClH/c1-13-5-3-6-14(11-13)7-10-18-15(19)16(2)8-4-9-17-12-16;/h3,5-6,11,17H,4,7-10,12H2,1-2H3,(H,18,19);1H. The first-order valence-electron chi connectivity index (χ1n) is 7.15. The smallest absolute Gasteiger partial charge is 0.227 e. The molecule has 20 heavy (non-hydrogen) atoms. The third-order valence-electron chi connectivity index (χ3n) is 3.93. The van der Waals surface area contributed by atoms with Crippen LogP contribution in [0.4, 0.5) is 0 Å². The normalized spacial score (nSPS) is 21.9. The molecule has 1 aromatic carbocycles. The predicted molar refractivity (Wildman–Crippen MR) is 85.4 cm³/mol. The van der Waals surface area contributed by atoms with Crippen molar-refractivity contribution in [2.45, 2.75) is 33.1 Å². The van der Waals surface area contributed by atoms with Crippen molar-refractivity contribution in [1.29, 1.82) is 0 Å². The fraction of sp³-hybridized carbons (Fsp3) is 0.562. The number of hydrogen-bond donors (Lipinski definition) is 2. The second-order valence-corrected chi connectivity index (χ2v) is 5.84. The summed E-state index contributed by atoms with van der Waals surface area (Å²) in [5, 5.41) is 6.39. The highest BCUT2D eigenvalue weighted by Crippen LogP contribution is 2.25. The number of benzene rings is 1. The van der Waals surface area contributed by atoms with Crippen LogP contribution >= 0.6 is 12.4 Å². The van der Waals surface area contributed by atoms with Crippen LogP contribution in [0.2, 0.25) is 0 Å². The molecule has 1 aromatic rings. The molecule has 1 atom stereocenters. The molecule has 0 aromatic heterocycles. The zero-order valence-electron chi connectivity index (χ0n) is 12.4. The van der Waals surface area contributed by atoms with Crippen molar-refractivity contribution in [3.05, 3.63) is 35.4 Å². The van der Waals surface area contributed by atoms with Crippen molar-refractivity contribution in [3.63, 3.8) is 0 Å². The maximum atomic E-state index is 12.2. The van der Waals surface area contributed by atoms with Crippen molar-refractivity contribution in [2.75, 3.05) is 19.6 Å². The SMILES string of the molecule is Cc1cccc(CCNC(=O)C2(C)CCCNC2)c1.Cl. The third kappa shape index (κ3) is 4.50. The zero-order valence-corrected chi connectivity index (χ0v) is 13.2. The van der Waals surface area contributed by atoms with Crippen molar-refractivity contribution in [1.82, 2.24) is 10.6 Å². The molecule has 1 amide bonds. The van der Waals surface area contributed by atoms with Crippen LogP contribution in [-0.4, -0.2) is 25.5 Å². The number of hydrogen-bond acceptors (Lipinski definition) is 2. The van der Waals surface area contributed by atoms with Crippen molar-refractivity contribution in [2.24, 2.45) is 5.41 Å². The minimum Gasteiger partial charge on any atom is -0.355 e. The highest BCUT2D eigenvalue weighted by molar-refractivity contribution is 5.85. The van der Waals surface area contributed by atoms with E-state index in [-0.39, 0.29) is 23.7 Å². The summed E-state index contributed by atoms with van der Waals surface area (Å²) in [6.45, 7) is 6.70. The lowest BCUT2D eigenvalue weighted by atomic mass is 9.82. The highest BCUT2D eigenvalue weighted by Gasteiger charge is 2.34. The van der Waals surface area contributed by atoms with Gasteiger partial charge in [0, 0.05) is 13.1 Å². The van der Waals surface area contributed by atoms with Crippen molar-refractivity contribution >= 4 is 18.3 Å². The third-order valence-corrected chi connectivity index (χ3v) is 3.93. The number of piperidine rings is 1. The summed E-state index contributed by atoms with van der Waals surface area (Å²) in [7, 11) is 0.